The summed E-state index contributed by atoms with van der Waals surface area (Å²) < 4.78 is 15.9. The molecule has 0 saturated carbocycles. The number of hydrogen-bond donors (Lipinski definition) is 1. The molecule has 1 aromatic carbocycles. The van der Waals surface area contributed by atoms with E-state index in [1.807, 2.05) is 0 Å². The first-order chi connectivity index (χ1) is 13.0. The normalized spacial score (nSPS) is 14.6. The van der Waals surface area contributed by atoms with Gasteiger partial charge in [0.05, 0.1) is 19.4 Å². The molecule has 0 unspecified atom stereocenters. The summed E-state index contributed by atoms with van der Waals surface area (Å²) in [5, 5.41) is 4.30. The second kappa shape index (κ2) is 8.07. The van der Waals surface area contributed by atoms with Crippen molar-refractivity contribution in [3.8, 4) is 5.75 Å². The Balaban J connectivity index is 1.84. The molecule has 7 heteroatoms. The Kier molecular flexibility index (Phi) is 5.59. The van der Waals surface area contributed by atoms with E-state index in [0.717, 1.165) is 18.4 Å². The third kappa shape index (κ3) is 3.86. The SMILES string of the molecule is CCOC(=O)c1oc2c(c1C)/C(=N/NC(=O)c1cccc(OC)c1)CCC2. The zero-order valence-electron chi connectivity index (χ0n) is 15.6. The predicted molar refractivity (Wildman–Crippen MR) is 99.3 cm³/mol. The Morgan fingerprint density at radius 2 is 2.11 bits per heavy atom. The maximum absolute atomic E-state index is 12.4. The molecule has 1 aliphatic carbocycles. The lowest BCUT2D eigenvalue weighted by Crippen LogP contribution is -2.22. The molecule has 1 heterocycles. The Labute approximate surface area is 157 Å². The molecule has 1 amide bonds. The standard InChI is InChI=1S/C20H22N2O5/c1-4-26-20(24)18-12(2)17-15(9-6-10-16(17)27-18)21-22-19(23)13-7-5-8-14(11-13)25-3/h5,7-8,11H,4,6,9-10H2,1-3H3,(H,22,23)/b21-15+. The fourth-order valence-electron chi connectivity index (χ4n) is 3.12. The van der Waals surface area contributed by atoms with Crippen LogP contribution in [0.25, 0.3) is 0 Å². The minimum Gasteiger partial charge on any atom is -0.497 e. The summed E-state index contributed by atoms with van der Waals surface area (Å²) in [5.74, 6) is 0.691. The van der Waals surface area contributed by atoms with Crippen LogP contribution in [-0.2, 0) is 11.2 Å². The summed E-state index contributed by atoms with van der Waals surface area (Å²) in [6.07, 6.45) is 2.24. The minimum atomic E-state index is -0.482. The third-order valence-electron chi connectivity index (χ3n) is 4.41. The Morgan fingerprint density at radius 3 is 2.85 bits per heavy atom. The first-order valence-electron chi connectivity index (χ1n) is 8.85. The van der Waals surface area contributed by atoms with E-state index in [-0.39, 0.29) is 18.3 Å². The second-order valence-corrected chi connectivity index (χ2v) is 6.16. The molecule has 1 aromatic heterocycles. The van der Waals surface area contributed by atoms with Gasteiger partial charge in [-0.05, 0) is 44.9 Å². The van der Waals surface area contributed by atoms with Crippen molar-refractivity contribution in [2.45, 2.75) is 33.1 Å². The number of furan rings is 1. The highest BCUT2D eigenvalue weighted by atomic mass is 16.5. The van der Waals surface area contributed by atoms with E-state index in [0.29, 0.717) is 34.8 Å². The van der Waals surface area contributed by atoms with E-state index >= 15 is 0 Å². The highest BCUT2D eigenvalue weighted by molar-refractivity contribution is 6.06. The molecule has 142 valence electrons. The average molecular weight is 370 g/mol. The van der Waals surface area contributed by atoms with Crippen LogP contribution in [0.2, 0.25) is 0 Å². The van der Waals surface area contributed by atoms with Crippen molar-refractivity contribution >= 4 is 17.6 Å². The number of methoxy groups -OCH3 is 1. The molecule has 2 aromatic rings. The van der Waals surface area contributed by atoms with Crippen LogP contribution in [0.1, 0.15) is 57.6 Å². The van der Waals surface area contributed by atoms with Gasteiger partial charge in [-0.2, -0.15) is 5.10 Å². The topological polar surface area (TPSA) is 90.1 Å². The Morgan fingerprint density at radius 1 is 1.30 bits per heavy atom. The maximum Gasteiger partial charge on any atom is 0.374 e. The number of ether oxygens (including phenoxy) is 2. The summed E-state index contributed by atoms with van der Waals surface area (Å²) in [6.45, 7) is 3.83. The largest absolute Gasteiger partial charge is 0.497 e. The van der Waals surface area contributed by atoms with Crippen LogP contribution in [0.3, 0.4) is 0 Å². The lowest BCUT2D eigenvalue weighted by molar-refractivity contribution is 0.0486. The smallest absolute Gasteiger partial charge is 0.374 e. The van der Waals surface area contributed by atoms with Crippen LogP contribution < -0.4 is 10.2 Å². The average Bonchev–Trinajstić information content (AvgIpc) is 3.03. The monoisotopic (exact) mass is 370 g/mol. The number of benzene rings is 1. The molecule has 1 N–H and O–H groups in total. The van der Waals surface area contributed by atoms with E-state index in [1.165, 1.54) is 0 Å². The number of fused-ring (bicyclic) bond motifs is 1. The van der Waals surface area contributed by atoms with Crippen LogP contribution in [0, 0.1) is 6.92 Å². The summed E-state index contributed by atoms with van der Waals surface area (Å²) in [4.78, 5) is 24.4. The highest BCUT2D eigenvalue weighted by Crippen LogP contribution is 2.30. The number of esters is 1. The number of amides is 1. The molecule has 1 aliphatic rings. The van der Waals surface area contributed by atoms with Crippen LogP contribution in [0.4, 0.5) is 0 Å². The molecule has 0 saturated heterocycles. The zero-order chi connectivity index (χ0) is 19.4. The summed E-state index contributed by atoms with van der Waals surface area (Å²) in [5.41, 5.74) is 5.22. The van der Waals surface area contributed by atoms with Crippen LogP contribution in [0.5, 0.6) is 5.75 Å². The van der Waals surface area contributed by atoms with Gasteiger partial charge in [0, 0.05) is 23.1 Å². The molecule has 0 aliphatic heterocycles. The van der Waals surface area contributed by atoms with E-state index in [4.69, 9.17) is 13.9 Å². The lowest BCUT2D eigenvalue weighted by Gasteiger charge is -2.13. The summed E-state index contributed by atoms with van der Waals surface area (Å²) in [6, 6.07) is 6.84. The fraction of sp³-hybridized carbons (Fsp3) is 0.350. The van der Waals surface area contributed by atoms with Gasteiger partial charge in [0.2, 0.25) is 5.76 Å². The first kappa shape index (κ1) is 18.7. The van der Waals surface area contributed by atoms with E-state index in [1.54, 1.807) is 45.2 Å². The van der Waals surface area contributed by atoms with Crippen LogP contribution >= 0.6 is 0 Å². The van der Waals surface area contributed by atoms with Gasteiger partial charge in [0.15, 0.2) is 0 Å². The quantitative estimate of drug-likeness (QED) is 0.644. The lowest BCUT2D eigenvalue weighted by atomic mass is 9.93. The number of aryl methyl sites for hydroxylation is 1. The molecule has 0 fully saturated rings. The van der Waals surface area contributed by atoms with Crippen molar-refractivity contribution in [3.63, 3.8) is 0 Å². The third-order valence-corrected chi connectivity index (χ3v) is 4.41. The van der Waals surface area contributed by atoms with Gasteiger partial charge in [-0.15, -0.1) is 0 Å². The van der Waals surface area contributed by atoms with Crippen molar-refractivity contribution in [1.82, 2.24) is 5.43 Å². The first-order valence-corrected chi connectivity index (χ1v) is 8.85. The van der Waals surface area contributed by atoms with Gasteiger partial charge >= 0.3 is 5.97 Å². The van der Waals surface area contributed by atoms with Crippen molar-refractivity contribution < 1.29 is 23.5 Å². The van der Waals surface area contributed by atoms with Crippen molar-refractivity contribution in [1.29, 1.82) is 0 Å². The van der Waals surface area contributed by atoms with Crippen molar-refractivity contribution in [3.05, 3.63) is 52.5 Å². The van der Waals surface area contributed by atoms with Gasteiger partial charge in [0.1, 0.15) is 11.5 Å². The second-order valence-electron chi connectivity index (χ2n) is 6.16. The van der Waals surface area contributed by atoms with E-state index < -0.39 is 5.97 Å². The molecule has 0 radical (unpaired) electrons. The molecule has 27 heavy (non-hydrogen) atoms. The minimum absolute atomic E-state index is 0.204. The number of carbonyl (C=O) groups excluding carboxylic acids is 2. The van der Waals surface area contributed by atoms with Gasteiger partial charge in [0.25, 0.3) is 5.91 Å². The number of rotatable bonds is 5. The highest BCUT2D eigenvalue weighted by Gasteiger charge is 2.28. The zero-order valence-corrected chi connectivity index (χ0v) is 15.6. The van der Waals surface area contributed by atoms with Crippen LogP contribution in [0.15, 0.2) is 33.8 Å². The molecule has 0 atom stereocenters. The summed E-state index contributed by atoms with van der Waals surface area (Å²) in [7, 11) is 1.55. The molecular formula is C20H22N2O5. The number of hydrazone groups is 1. The Bertz CT molecular complexity index is 898. The van der Waals surface area contributed by atoms with E-state index in [2.05, 4.69) is 10.5 Å². The number of nitrogens with zero attached hydrogens (tertiary/aromatic N) is 1. The van der Waals surface area contributed by atoms with E-state index in [9.17, 15) is 9.59 Å². The number of nitrogens with one attached hydrogen (secondary N) is 1. The Hall–Kier alpha value is -3.09. The number of carbonyl (C=O) groups is 2. The molecule has 0 bridgehead atoms. The van der Waals surface area contributed by atoms with Crippen molar-refractivity contribution in [2.24, 2.45) is 5.10 Å². The van der Waals surface area contributed by atoms with Gasteiger partial charge < -0.3 is 13.9 Å². The fourth-order valence-corrected chi connectivity index (χ4v) is 3.12. The molecule has 0 spiro atoms. The van der Waals surface area contributed by atoms with Crippen molar-refractivity contribution in [2.75, 3.05) is 13.7 Å². The van der Waals surface area contributed by atoms with Gasteiger partial charge in [-0.3, -0.25) is 4.79 Å². The van der Waals surface area contributed by atoms with Gasteiger partial charge in [-0.25, -0.2) is 10.2 Å². The van der Waals surface area contributed by atoms with Crippen LogP contribution in [-0.4, -0.2) is 31.3 Å². The molecule has 7 nitrogen and oxygen atoms in total. The number of hydrogen-bond acceptors (Lipinski definition) is 6. The predicted octanol–water partition coefficient (Wildman–Crippen LogP) is 3.24. The summed E-state index contributed by atoms with van der Waals surface area (Å²) >= 11 is 0. The van der Waals surface area contributed by atoms with Gasteiger partial charge in [-0.1, -0.05) is 6.07 Å². The molecular weight excluding hydrogens is 348 g/mol. The maximum atomic E-state index is 12.4. The molecule has 3 rings (SSSR count).